The zero-order valence-electron chi connectivity index (χ0n) is 13.8. The summed E-state index contributed by atoms with van der Waals surface area (Å²) in [4.78, 5) is 27.1. The van der Waals surface area contributed by atoms with Gasteiger partial charge in [-0.3, -0.25) is 0 Å². The zero-order valence-corrected chi connectivity index (χ0v) is 13.8. The molecule has 3 heterocycles. The SMILES string of the molecule is O=c1[nH]c2cccnc2n1-c1cnc(Oc2cccc(OC(F)(F)F)c2)cn1. The fraction of sp³-hybridized carbons (Fsp3) is 0.0588. The van der Waals surface area contributed by atoms with Crippen LogP contribution in [0.25, 0.3) is 17.0 Å². The maximum absolute atomic E-state index is 12.3. The van der Waals surface area contributed by atoms with Crippen LogP contribution in [-0.4, -0.2) is 30.9 Å². The second kappa shape index (κ2) is 6.68. The van der Waals surface area contributed by atoms with Gasteiger partial charge in [0.1, 0.15) is 11.5 Å². The van der Waals surface area contributed by atoms with Crippen molar-refractivity contribution in [2.75, 3.05) is 0 Å². The van der Waals surface area contributed by atoms with Crippen molar-refractivity contribution in [3.8, 4) is 23.2 Å². The first-order chi connectivity index (χ1) is 13.4. The molecule has 0 amide bonds. The molecule has 142 valence electrons. The van der Waals surface area contributed by atoms with Gasteiger partial charge in [0.15, 0.2) is 11.5 Å². The number of hydrogen-bond acceptors (Lipinski definition) is 6. The Morgan fingerprint density at radius 3 is 2.57 bits per heavy atom. The Morgan fingerprint density at radius 2 is 1.82 bits per heavy atom. The third-order valence-corrected chi connectivity index (χ3v) is 3.55. The van der Waals surface area contributed by atoms with E-state index in [0.717, 1.165) is 12.1 Å². The van der Waals surface area contributed by atoms with E-state index in [1.54, 1.807) is 12.1 Å². The largest absolute Gasteiger partial charge is 0.573 e. The van der Waals surface area contributed by atoms with Gasteiger partial charge in [0.2, 0.25) is 5.88 Å². The number of alkyl halides is 3. The molecule has 1 N–H and O–H groups in total. The average molecular weight is 389 g/mol. The number of aromatic nitrogens is 5. The van der Waals surface area contributed by atoms with Crippen molar-refractivity contribution < 1.29 is 22.6 Å². The highest BCUT2D eigenvalue weighted by atomic mass is 19.4. The van der Waals surface area contributed by atoms with Gasteiger partial charge in [0, 0.05) is 12.3 Å². The van der Waals surface area contributed by atoms with Crippen LogP contribution in [-0.2, 0) is 0 Å². The molecule has 0 atom stereocenters. The van der Waals surface area contributed by atoms with Gasteiger partial charge >= 0.3 is 12.1 Å². The first-order valence-electron chi connectivity index (χ1n) is 7.81. The third-order valence-electron chi connectivity index (χ3n) is 3.55. The Kier molecular flexibility index (Phi) is 4.18. The number of H-pyrrole nitrogens is 1. The lowest BCUT2D eigenvalue weighted by molar-refractivity contribution is -0.274. The third kappa shape index (κ3) is 3.63. The van der Waals surface area contributed by atoms with Crippen LogP contribution >= 0.6 is 0 Å². The van der Waals surface area contributed by atoms with Gasteiger partial charge in [-0.25, -0.2) is 24.3 Å². The minimum absolute atomic E-state index is 0.0220. The summed E-state index contributed by atoms with van der Waals surface area (Å²) in [7, 11) is 0. The van der Waals surface area contributed by atoms with Crippen LogP contribution < -0.4 is 15.2 Å². The summed E-state index contributed by atoms with van der Waals surface area (Å²) in [5.41, 5.74) is 0.484. The van der Waals surface area contributed by atoms with E-state index in [2.05, 4.69) is 24.7 Å². The van der Waals surface area contributed by atoms with Gasteiger partial charge in [-0.05, 0) is 24.3 Å². The molecular weight excluding hydrogens is 379 g/mol. The molecule has 0 saturated heterocycles. The molecule has 1 aromatic carbocycles. The Morgan fingerprint density at radius 1 is 1.00 bits per heavy atom. The smallest absolute Gasteiger partial charge is 0.437 e. The first-order valence-corrected chi connectivity index (χ1v) is 7.81. The van der Waals surface area contributed by atoms with E-state index in [1.165, 1.54) is 35.3 Å². The van der Waals surface area contributed by atoms with E-state index in [9.17, 15) is 18.0 Å². The maximum atomic E-state index is 12.3. The number of halogens is 3. The number of ether oxygens (including phenoxy) is 2. The number of pyridine rings is 1. The van der Waals surface area contributed by atoms with E-state index in [-0.39, 0.29) is 17.4 Å². The van der Waals surface area contributed by atoms with Gasteiger partial charge in [0.25, 0.3) is 0 Å². The van der Waals surface area contributed by atoms with Crippen molar-refractivity contribution in [3.63, 3.8) is 0 Å². The Bertz CT molecular complexity index is 1190. The molecule has 4 rings (SSSR count). The van der Waals surface area contributed by atoms with Crippen molar-refractivity contribution in [3.05, 3.63) is 65.5 Å². The van der Waals surface area contributed by atoms with Crippen LogP contribution in [0.2, 0.25) is 0 Å². The normalized spacial score (nSPS) is 11.5. The van der Waals surface area contributed by atoms with Crippen molar-refractivity contribution in [1.29, 1.82) is 0 Å². The van der Waals surface area contributed by atoms with E-state index < -0.39 is 17.8 Å². The number of hydrogen-bond donors (Lipinski definition) is 1. The monoisotopic (exact) mass is 389 g/mol. The van der Waals surface area contributed by atoms with Crippen LogP contribution in [0.4, 0.5) is 13.2 Å². The molecule has 3 aromatic heterocycles. The van der Waals surface area contributed by atoms with Gasteiger partial charge < -0.3 is 14.5 Å². The molecule has 0 fully saturated rings. The lowest BCUT2D eigenvalue weighted by atomic mass is 10.3. The predicted octanol–water partition coefficient (Wildman–Crippen LogP) is 3.19. The van der Waals surface area contributed by atoms with Crippen molar-refractivity contribution in [1.82, 2.24) is 24.5 Å². The number of nitrogens with zero attached hydrogens (tertiary/aromatic N) is 4. The van der Waals surface area contributed by atoms with Gasteiger partial charge in [-0.15, -0.1) is 13.2 Å². The molecule has 0 spiro atoms. The molecule has 0 unspecified atom stereocenters. The Hall–Kier alpha value is -3.89. The molecule has 0 radical (unpaired) electrons. The highest BCUT2D eigenvalue weighted by Gasteiger charge is 2.31. The number of aromatic amines is 1. The topological polar surface area (TPSA) is 94.9 Å². The van der Waals surface area contributed by atoms with Crippen LogP contribution in [0.5, 0.6) is 17.4 Å². The fourth-order valence-corrected chi connectivity index (χ4v) is 2.49. The highest BCUT2D eigenvalue weighted by Crippen LogP contribution is 2.28. The molecule has 11 heteroatoms. The molecule has 28 heavy (non-hydrogen) atoms. The Balaban J connectivity index is 1.58. The summed E-state index contributed by atoms with van der Waals surface area (Å²) in [5.74, 6) is -0.120. The van der Waals surface area contributed by atoms with Crippen LogP contribution in [0, 0.1) is 0 Å². The summed E-state index contributed by atoms with van der Waals surface area (Å²) < 4.78 is 47.4. The number of benzene rings is 1. The van der Waals surface area contributed by atoms with Crippen LogP contribution in [0.3, 0.4) is 0 Å². The number of fused-ring (bicyclic) bond motifs is 1. The van der Waals surface area contributed by atoms with E-state index in [1.807, 2.05) is 0 Å². The second-order valence-corrected chi connectivity index (χ2v) is 5.48. The van der Waals surface area contributed by atoms with Gasteiger partial charge in [-0.2, -0.15) is 0 Å². The summed E-state index contributed by atoms with van der Waals surface area (Å²) >= 11 is 0. The fourth-order valence-electron chi connectivity index (χ4n) is 2.49. The van der Waals surface area contributed by atoms with Crippen molar-refractivity contribution in [2.24, 2.45) is 0 Å². The molecule has 0 bridgehead atoms. The number of imidazole rings is 1. The summed E-state index contributed by atoms with van der Waals surface area (Å²) in [6.45, 7) is 0. The zero-order chi connectivity index (χ0) is 19.7. The number of rotatable bonds is 4. The van der Waals surface area contributed by atoms with E-state index in [4.69, 9.17) is 4.74 Å². The van der Waals surface area contributed by atoms with E-state index in [0.29, 0.717) is 11.2 Å². The van der Waals surface area contributed by atoms with E-state index >= 15 is 0 Å². The number of nitrogens with one attached hydrogen (secondary N) is 1. The molecule has 0 aliphatic carbocycles. The second-order valence-electron chi connectivity index (χ2n) is 5.48. The molecule has 0 aliphatic rings. The predicted molar refractivity (Wildman–Crippen MR) is 90.5 cm³/mol. The van der Waals surface area contributed by atoms with Crippen LogP contribution in [0.1, 0.15) is 0 Å². The standard InChI is InChI=1S/C17H10F3N5O3/c18-17(19,20)28-11-4-1-3-10(7-11)27-14-9-22-13(8-23-14)25-15-12(24-16(25)26)5-2-6-21-15/h1-9H,(H,24,26). The highest BCUT2D eigenvalue weighted by molar-refractivity contribution is 5.71. The van der Waals surface area contributed by atoms with Gasteiger partial charge in [0.05, 0.1) is 17.9 Å². The van der Waals surface area contributed by atoms with Gasteiger partial charge in [-0.1, -0.05) is 6.07 Å². The minimum Gasteiger partial charge on any atom is -0.437 e. The lowest BCUT2D eigenvalue weighted by Crippen LogP contribution is -2.17. The summed E-state index contributed by atoms with van der Waals surface area (Å²) in [6, 6.07) is 8.37. The molecule has 0 aliphatic heterocycles. The molecular formula is C17H10F3N5O3. The van der Waals surface area contributed by atoms with Crippen molar-refractivity contribution in [2.45, 2.75) is 6.36 Å². The van der Waals surface area contributed by atoms with Crippen LogP contribution in [0.15, 0.2) is 59.8 Å². The lowest BCUT2D eigenvalue weighted by Gasteiger charge is -2.10. The quantitative estimate of drug-likeness (QED) is 0.576. The molecule has 0 saturated carbocycles. The molecule has 4 aromatic rings. The Labute approximate surface area is 154 Å². The summed E-state index contributed by atoms with van der Waals surface area (Å²) in [6.07, 6.45) is -0.747. The average Bonchev–Trinajstić information content (AvgIpc) is 2.97. The first kappa shape index (κ1) is 17.5. The molecule has 8 nitrogen and oxygen atoms in total. The summed E-state index contributed by atoms with van der Waals surface area (Å²) in [5, 5.41) is 0. The van der Waals surface area contributed by atoms with Crippen molar-refractivity contribution >= 4 is 11.2 Å². The maximum Gasteiger partial charge on any atom is 0.573 e. The minimum atomic E-state index is -4.80.